The Morgan fingerprint density at radius 1 is 1.27 bits per heavy atom. The normalized spacial score (nSPS) is 21.3. The molecule has 0 saturated carbocycles. The number of ketones is 1. The molecule has 0 aromatic heterocycles. The highest BCUT2D eigenvalue weighted by molar-refractivity contribution is 5.98. The van der Waals surface area contributed by atoms with Crippen molar-refractivity contribution in [2.24, 2.45) is 5.92 Å². The zero-order valence-corrected chi connectivity index (χ0v) is 9.49. The van der Waals surface area contributed by atoms with E-state index in [0.717, 1.165) is 24.8 Å². The minimum absolute atomic E-state index is 0.328. The van der Waals surface area contributed by atoms with E-state index >= 15 is 0 Å². The maximum absolute atomic E-state index is 11.9. The van der Waals surface area contributed by atoms with Crippen LogP contribution in [0, 0.1) is 5.92 Å². The number of Topliss-reactive ketones (excluding diaryl/α,β-unsaturated/α-hetero) is 1. The quantitative estimate of drug-likeness (QED) is 0.633. The predicted octanol–water partition coefficient (Wildman–Crippen LogP) is 3.79. The maximum atomic E-state index is 11.9. The van der Waals surface area contributed by atoms with E-state index in [0.29, 0.717) is 17.6 Å². The summed E-state index contributed by atoms with van der Waals surface area (Å²) in [7, 11) is 0. The van der Waals surface area contributed by atoms with Gasteiger partial charge < -0.3 is 0 Å². The van der Waals surface area contributed by atoms with Gasteiger partial charge in [-0.2, -0.15) is 0 Å². The van der Waals surface area contributed by atoms with Crippen LogP contribution in [-0.2, 0) is 0 Å². The summed E-state index contributed by atoms with van der Waals surface area (Å²) >= 11 is 0. The molecule has 1 aromatic carbocycles. The van der Waals surface area contributed by atoms with Crippen molar-refractivity contribution in [1.82, 2.24) is 0 Å². The van der Waals surface area contributed by atoms with Gasteiger partial charge >= 0.3 is 0 Å². The minimum atomic E-state index is 0.328. The third-order valence-corrected chi connectivity index (χ3v) is 3.38. The monoisotopic (exact) mass is 202 g/mol. The SMILES string of the molecule is CC(C)C1CCCC(=O)c2ccccc21. The van der Waals surface area contributed by atoms with Gasteiger partial charge in [-0.15, -0.1) is 0 Å². The van der Waals surface area contributed by atoms with E-state index in [2.05, 4.69) is 19.9 Å². The summed E-state index contributed by atoms with van der Waals surface area (Å²) in [6, 6.07) is 8.13. The van der Waals surface area contributed by atoms with Crippen molar-refractivity contribution < 1.29 is 4.79 Å². The molecule has 1 heteroatoms. The van der Waals surface area contributed by atoms with Crippen LogP contribution in [0.4, 0.5) is 0 Å². The number of hydrogen-bond acceptors (Lipinski definition) is 1. The highest BCUT2D eigenvalue weighted by atomic mass is 16.1. The first-order valence-corrected chi connectivity index (χ1v) is 5.82. The molecule has 2 rings (SSSR count). The summed E-state index contributed by atoms with van der Waals surface area (Å²) in [4.78, 5) is 11.9. The van der Waals surface area contributed by atoms with Crippen molar-refractivity contribution in [3.63, 3.8) is 0 Å². The lowest BCUT2D eigenvalue weighted by atomic mass is 9.84. The third kappa shape index (κ3) is 1.97. The van der Waals surface area contributed by atoms with E-state index < -0.39 is 0 Å². The minimum Gasteiger partial charge on any atom is -0.294 e. The fraction of sp³-hybridized carbons (Fsp3) is 0.500. The highest BCUT2D eigenvalue weighted by Gasteiger charge is 2.24. The zero-order valence-electron chi connectivity index (χ0n) is 9.49. The molecule has 1 nitrogen and oxygen atoms in total. The smallest absolute Gasteiger partial charge is 0.163 e. The summed E-state index contributed by atoms with van der Waals surface area (Å²) < 4.78 is 0. The Balaban J connectivity index is 2.47. The lowest BCUT2D eigenvalue weighted by Gasteiger charge is -2.20. The molecule has 1 aliphatic carbocycles. The first-order chi connectivity index (χ1) is 7.20. The third-order valence-electron chi connectivity index (χ3n) is 3.38. The Morgan fingerprint density at radius 2 is 2.00 bits per heavy atom. The first-order valence-electron chi connectivity index (χ1n) is 5.82. The molecular weight excluding hydrogens is 184 g/mol. The van der Waals surface area contributed by atoms with E-state index in [1.807, 2.05) is 18.2 Å². The molecule has 15 heavy (non-hydrogen) atoms. The van der Waals surface area contributed by atoms with E-state index in [1.54, 1.807) is 0 Å². The number of rotatable bonds is 1. The number of benzene rings is 1. The number of carbonyl (C=O) groups excluding carboxylic acids is 1. The molecule has 1 aliphatic rings. The Labute approximate surface area is 91.5 Å². The number of fused-ring (bicyclic) bond motifs is 1. The van der Waals surface area contributed by atoms with Crippen LogP contribution in [-0.4, -0.2) is 5.78 Å². The van der Waals surface area contributed by atoms with Gasteiger partial charge in [0.15, 0.2) is 5.78 Å². The molecule has 0 spiro atoms. The topological polar surface area (TPSA) is 17.1 Å². The van der Waals surface area contributed by atoms with E-state index in [1.165, 1.54) is 5.56 Å². The fourth-order valence-electron chi connectivity index (χ4n) is 2.54. The van der Waals surface area contributed by atoms with E-state index in [-0.39, 0.29) is 0 Å². The molecule has 0 aliphatic heterocycles. The molecule has 0 fully saturated rings. The van der Waals surface area contributed by atoms with Crippen LogP contribution in [0.25, 0.3) is 0 Å². The van der Waals surface area contributed by atoms with Gasteiger partial charge in [-0.3, -0.25) is 4.79 Å². The van der Waals surface area contributed by atoms with Crippen molar-refractivity contribution in [3.05, 3.63) is 35.4 Å². The van der Waals surface area contributed by atoms with Gasteiger partial charge in [0.1, 0.15) is 0 Å². The molecular formula is C14H18O. The summed E-state index contributed by atoms with van der Waals surface area (Å²) in [5.74, 6) is 1.51. The molecule has 0 N–H and O–H groups in total. The Kier molecular flexibility index (Phi) is 2.90. The molecule has 0 amide bonds. The average molecular weight is 202 g/mol. The van der Waals surface area contributed by atoms with Crippen LogP contribution in [0.1, 0.15) is 54.9 Å². The van der Waals surface area contributed by atoms with Crippen molar-refractivity contribution in [2.45, 2.75) is 39.0 Å². The van der Waals surface area contributed by atoms with E-state index in [9.17, 15) is 4.79 Å². The maximum Gasteiger partial charge on any atom is 0.163 e. The number of carbonyl (C=O) groups is 1. The molecule has 1 atom stereocenters. The van der Waals surface area contributed by atoms with Gasteiger partial charge in [0.25, 0.3) is 0 Å². The summed E-state index contributed by atoms with van der Waals surface area (Å²) in [5.41, 5.74) is 2.24. The van der Waals surface area contributed by atoms with Crippen LogP contribution >= 0.6 is 0 Å². The van der Waals surface area contributed by atoms with Gasteiger partial charge in [0.05, 0.1) is 0 Å². The van der Waals surface area contributed by atoms with Crippen molar-refractivity contribution in [2.75, 3.05) is 0 Å². The second-order valence-corrected chi connectivity index (χ2v) is 4.75. The van der Waals surface area contributed by atoms with Gasteiger partial charge in [-0.1, -0.05) is 38.1 Å². The molecule has 0 bridgehead atoms. The van der Waals surface area contributed by atoms with Crippen LogP contribution in [0.2, 0.25) is 0 Å². The summed E-state index contributed by atoms with van der Waals surface area (Å²) in [6.07, 6.45) is 2.91. The van der Waals surface area contributed by atoms with Gasteiger partial charge in [-0.05, 0) is 30.2 Å². The predicted molar refractivity (Wildman–Crippen MR) is 62.2 cm³/mol. The van der Waals surface area contributed by atoms with Crippen molar-refractivity contribution in [1.29, 1.82) is 0 Å². The first kappa shape index (κ1) is 10.4. The van der Waals surface area contributed by atoms with Gasteiger partial charge in [-0.25, -0.2) is 0 Å². The standard InChI is InChI=1S/C14H18O/c1-10(2)11-8-5-9-14(15)13-7-4-3-6-12(11)13/h3-4,6-7,10-11H,5,8-9H2,1-2H3. The summed E-state index contributed by atoms with van der Waals surface area (Å²) in [6.45, 7) is 4.49. The Bertz CT molecular complexity index is 365. The molecule has 0 saturated heterocycles. The average Bonchev–Trinajstić information content (AvgIpc) is 2.39. The Hall–Kier alpha value is -1.11. The molecule has 80 valence electrons. The fourth-order valence-corrected chi connectivity index (χ4v) is 2.54. The molecule has 1 aromatic rings. The highest BCUT2D eigenvalue weighted by Crippen LogP contribution is 2.35. The van der Waals surface area contributed by atoms with Gasteiger partial charge in [0, 0.05) is 12.0 Å². The second-order valence-electron chi connectivity index (χ2n) is 4.75. The molecule has 0 radical (unpaired) electrons. The van der Waals surface area contributed by atoms with Crippen LogP contribution < -0.4 is 0 Å². The summed E-state index contributed by atoms with van der Waals surface area (Å²) in [5, 5.41) is 0. The van der Waals surface area contributed by atoms with Crippen molar-refractivity contribution >= 4 is 5.78 Å². The van der Waals surface area contributed by atoms with Crippen LogP contribution in [0.5, 0.6) is 0 Å². The van der Waals surface area contributed by atoms with Crippen LogP contribution in [0.15, 0.2) is 24.3 Å². The van der Waals surface area contributed by atoms with E-state index in [4.69, 9.17) is 0 Å². The number of hydrogen-bond donors (Lipinski definition) is 0. The Morgan fingerprint density at radius 3 is 2.73 bits per heavy atom. The molecule has 1 unspecified atom stereocenters. The lowest BCUT2D eigenvalue weighted by molar-refractivity contribution is 0.0982. The lowest BCUT2D eigenvalue weighted by Crippen LogP contribution is -2.08. The van der Waals surface area contributed by atoms with Gasteiger partial charge in [0.2, 0.25) is 0 Å². The largest absolute Gasteiger partial charge is 0.294 e. The van der Waals surface area contributed by atoms with Crippen LogP contribution in [0.3, 0.4) is 0 Å². The molecule has 0 heterocycles. The second kappa shape index (κ2) is 4.18. The van der Waals surface area contributed by atoms with Crippen molar-refractivity contribution in [3.8, 4) is 0 Å². The zero-order chi connectivity index (χ0) is 10.8.